The van der Waals surface area contributed by atoms with Gasteiger partial charge in [0.25, 0.3) is 0 Å². The maximum Gasteiger partial charge on any atom is 0.108 e. The minimum atomic E-state index is -0.0333. The van der Waals surface area contributed by atoms with Crippen molar-refractivity contribution >= 4 is 0 Å². The van der Waals surface area contributed by atoms with Crippen molar-refractivity contribution in [3.63, 3.8) is 0 Å². The van der Waals surface area contributed by atoms with Crippen molar-refractivity contribution in [3.05, 3.63) is 0 Å². The molecule has 0 aliphatic heterocycles. The highest BCUT2D eigenvalue weighted by Crippen LogP contribution is 2.02. The Bertz CT molecular complexity index is 174. The van der Waals surface area contributed by atoms with Crippen LogP contribution in [0.4, 0.5) is 0 Å². The number of nitrogens with one attached hydrogen (secondary N) is 1. The van der Waals surface area contributed by atoms with E-state index in [0.717, 1.165) is 19.6 Å². The molecule has 14 heavy (non-hydrogen) atoms. The molecule has 0 amide bonds. The Morgan fingerprint density at radius 1 is 1.36 bits per heavy atom. The predicted octanol–water partition coefficient (Wildman–Crippen LogP) is 1.47. The van der Waals surface area contributed by atoms with Crippen LogP contribution in [0.5, 0.6) is 0 Å². The van der Waals surface area contributed by atoms with Crippen molar-refractivity contribution in [1.29, 1.82) is 5.26 Å². The van der Waals surface area contributed by atoms with Crippen molar-refractivity contribution in [2.75, 3.05) is 26.7 Å². The molecule has 0 aromatic rings. The van der Waals surface area contributed by atoms with Crippen molar-refractivity contribution < 1.29 is 0 Å². The summed E-state index contributed by atoms with van der Waals surface area (Å²) in [7, 11) is 2.08. The van der Waals surface area contributed by atoms with E-state index < -0.39 is 0 Å². The van der Waals surface area contributed by atoms with E-state index in [1.165, 1.54) is 6.42 Å². The lowest BCUT2D eigenvalue weighted by atomic mass is 10.1. The van der Waals surface area contributed by atoms with Crippen LogP contribution in [0.3, 0.4) is 0 Å². The van der Waals surface area contributed by atoms with E-state index in [2.05, 4.69) is 37.2 Å². The third kappa shape index (κ3) is 5.95. The van der Waals surface area contributed by atoms with Crippen molar-refractivity contribution in [2.45, 2.75) is 33.2 Å². The smallest absolute Gasteiger partial charge is 0.108 e. The van der Waals surface area contributed by atoms with Crippen molar-refractivity contribution in [3.8, 4) is 6.07 Å². The largest absolute Gasteiger partial charge is 0.303 e. The lowest BCUT2D eigenvalue weighted by Crippen LogP contribution is -2.39. The van der Waals surface area contributed by atoms with Crippen LogP contribution < -0.4 is 5.32 Å². The molecule has 0 radical (unpaired) electrons. The quantitative estimate of drug-likeness (QED) is 0.671. The van der Waals surface area contributed by atoms with Crippen LogP contribution >= 0.6 is 0 Å². The SMILES string of the molecule is CCNC(C#N)CN(C)CC(C)CC. The van der Waals surface area contributed by atoms with Gasteiger partial charge in [-0.15, -0.1) is 0 Å². The van der Waals surface area contributed by atoms with Gasteiger partial charge in [0, 0.05) is 13.1 Å². The molecule has 1 N–H and O–H groups in total. The fourth-order valence-electron chi connectivity index (χ4n) is 1.44. The van der Waals surface area contributed by atoms with Crippen LogP contribution in [0.2, 0.25) is 0 Å². The van der Waals surface area contributed by atoms with Crippen LogP contribution in [0.25, 0.3) is 0 Å². The Morgan fingerprint density at radius 2 is 2.00 bits per heavy atom. The zero-order chi connectivity index (χ0) is 11.0. The summed E-state index contributed by atoms with van der Waals surface area (Å²) in [5.74, 6) is 0.709. The van der Waals surface area contributed by atoms with Gasteiger partial charge >= 0.3 is 0 Å². The fourth-order valence-corrected chi connectivity index (χ4v) is 1.44. The molecule has 0 bridgehead atoms. The number of hydrogen-bond donors (Lipinski definition) is 1. The molecule has 0 heterocycles. The Morgan fingerprint density at radius 3 is 2.43 bits per heavy atom. The van der Waals surface area contributed by atoms with Crippen LogP contribution in [0.15, 0.2) is 0 Å². The van der Waals surface area contributed by atoms with Gasteiger partial charge in [0.15, 0.2) is 0 Å². The lowest BCUT2D eigenvalue weighted by Gasteiger charge is -2.22. The van der Waals surface area contributed by atoms with Gasteiger partial charge in [-0.3, -0.25) is 0 Å². The molecular formula is C11H23N3. The molecule has 0 fully saturated rings. The molecule has 2 atom stereocenters. The Labute approximate surface area is 88.1 Å². The van der Waals surface area contributed by atoms with Gasteiger partial charge in [0.05, 0.1) is 6.07 Å². The minimum Gasteiger partial charge on any atom is -0.303 e. The number of nitriles is 1. The lowest BCUT2D eigenvalue weighted by molar-refractivity contribution is 0.268. The molecule has 0 rings (SSSR count). The van der Waals surface area contributed by atoms with E-state index in [-0.39, 0.29) is 6.04 Å². The normalized spacial score (nSPS) is 15.1. The van der Waals surface area contributed by atoms with E-state index in [1.807, 2.05) is 6.92 Å². The fraction of sp³-hybridized carbons (Fsp3) is 0.909. The van der Waals surface area contributed by atoms with E-state index >= 15 is 0 Å². The third-order valence-corrected chi connectivity index (χ3v) is 2.42. The Hall–Kier alpha value is -0.590. The summed E-state index contributed by atoms with van der Waals surface area (Å²) in [4.78, 5) is 2.23. The van der Waals surface area contributed by atoms with E-state index in [0.29, 0.717) is 5.92 Å². The van der Waals surface area contributed by atoms with Gasteiger partial charge in [-0.1, -0.05) is 27.2 Å². The maximum absolute atomic E-state index is 8.86. The highest BCUT2D eigenvalue weighted by molar-refractivity contribution is 4.91. The third-order valence-electron chi connectivity index (χ3n) is 2.42. The first-order chi connectivity index (χ1) is 6.63. The van der Waals surface area contributed by atoms with Crippen molar-refractivity contribution in [2.24, 2.45) is 5.92 Å². The van der Waals surface area contributed by atoms with E-state index in [4.69, 9.17) is 5.26 Å². The average molecular weight is 197 g/mol. The molecule has 2 unspecified atom stereocenters. The highest BCUT2D eigenvalue weighted by atomic mass is 15.1. The first kappa shape index (κ1) is 13.4. The second kappa shape index (κ2) is 7.78. The summed E-state index contributed by atoms with van der Waals surface area (Å²) in [5, 5.41) is 12.0. The van der Waals surface area contributed by atoms with Crippen LogP contribution in [0.1, 0.15) is 27.2 Å². The molecular weight excluding hydrogens is 174 g/mol. The predicted molar refractivity (Wildman–Crippen MR) is 60.0 cm³/mol. The molecule has 0 aliphatic rings. The summed E-state index contributed by atoms with van der Waals surface area (Å²) in [6.45, 7) is 9.21. The van der Waals surface area contributed by atoms with Gasteiger partial charge in [0.1, 0.15) is 6.04 Å². The maximum atomic E-state index is 8.86. The Balaban J connectivity index is 3.79. The van der Waals surface area contributed by atoms with Gasteiger partial charge in [-0.25, -0.2) is 0 Å². The molecule has 0 saturated carbocycles. The molecule has 0 saturated heterocycles. The summed E-state index contributed by atoms with van der Waals surface area (Å²) in [5.41, 5.74) is 0. The molecule has 3 nitrogen and oxygen atoms in total. The summed E-state index contributed by atoms with van der Waals surface area (Å²) in [6.07, 6.45) is 1.20. The van der Waals surface area contributed by atoms with Crippen LogP contribution in [-0.4, -0.2) is 37.6 Å². The topological polar surface area (TPSA) is 39.1 Å². The van der Waals surface area contributed by atoms with Crippen LogP contribution in [0, 0.1) is 17.2 Å². The zero-order valence-electron chi connectivity index (χ0n) is 9.88. The molecule has 0 aromatic carbocycles. The molecule has 3 heteroatoms. The number of likely N-dealkylation sites (N-methyl/N-ethyl adjacent to an activating group) is 2. The average Bonchev–Trinajstić information content (AvgIpc) is 2.16. The number of rotatable bonds is 7. The Kier molecular flexibility index (Phi) is 7.45. The van der Waals surface area contributed by atoms with Gasteiger partial charge in [-0.05, 0) is 19.5 Å². The second-order valence-corrected chi connectivity index (χ2v) is 3.97. The molecule has 0 aromatic heterocycles. The first-order valence-electron chi connectivity index (χ1n) is 5.45. The van der Waals surface area contributed by atoms with Gasteiger partial charge in [-0.2, -0.15) is 5.26 Å². The zero-order valence-corrected chi connectivity index (χ0v) is 9.88. The number of hydrogen-bond acceptors (Lipinski definition) is 3. The van der Waals surface area contributed by atoms with Gasteiger partial charge < -0.3 is 10.2 Å². The second-order valence-electron chi connectivity index (χ2n) is 3.97. The standard InChI is InChI=1S/C11H23N3/c1-5-10(3)8-14(4)9-11(7-12)13-6-2/h10-11,13H,5-6,8-9H2,1-4H3. The van der Waals surface area contributed by atoms with Crippen LogP contribution in [-0.2, 0) is 0 Å². The monoisotopic (exact) mass is 197 g/mol. The molecule has 0 aliphatic carbocycles. The van der Waals surface area contributed by atoms with E-state index in [1.54, 1.807) is 0 Å². The number of nitrogens with zero attached hydrogens (tertiary/aromatic N) is 2. The minimum absolute atomic E-state index is 0.0333. The summed E-state index contributed by atoms with van der Waals surface area (Å²) in [6, 6.07) is 2.24. The van der Waals surface area contributed by atoms with E-state index in [9.17, 15) is 0 Å². The highest BCUT2D eigenvalue weighted by Gasteiger charge is 2.10. The summed E-state index contributed by atoms with van der Waals surface area (Å²) >= 11 is 0. The molecule has 82 valence electrons. The van der Waals surface area contributed by atoms with Crippen molar-refractivity contribution in [1.82, 2.24) is 10.2 Å². The van der Waals surface area contributed by atoms with Gasteiger partial charge in [0.2, 0.25) is 0 Å². The first-order valence-corrected chi connectivity index (χ1v) is 5.45. The molecule has 0 spiro atoms. The summed E-state index contributed by atoms with van der Waals surface area (Å²) < 4.78 is 0.